The molecule has 0 amide bonds. The fourth-order valence-corrected chi connectivity index (χ4v) is 3.42. The number of halogens is 1. The van der Waals surface area contributed by atoms with E-state index >= 15 is 0 Å². The summed E-state index contributed by atoms with van der Waals surface area (Å²) in [6, 6.07) is 4.75. The number of hydrogen-bond acceptors (Lipinski definition) is 2. The monoisotopic (exact) mass is 280 g/mol. The van der Waals surface area contributed by atoms with E-state index < -0.39 is 0 Å². The zero-order chi connectivity index (χ0) is 15.3. The Balaban J connectivity index is 3.29. The molecule has 1 atom stereocenters. The second-order valence-corrected chi connectivity index (χ2v) is 5.46. The van der Waals surface area contributed by atoms with Gasteiger partial charge in [0, 0.05) is 11.6 Å². The predicted octanol–water partition coefficient (Wildman–Crippen LogP) is 4.03. The number of nitrogens with zero attached hydrogens (tertiary/aromatic N) is 1. The van der Waals surface area contributed by atoms with Crippen molar-refractivity contribution in [3.8, 4) is 0 Å². The molecule has 0 heterocycles. The van der Waals surface area contributed by atoms with Crippen LogP contribution in [0.4, 0.5) is 4.39 Å². The first-order chi connectivity index (χ1) is 9.46. The minimum Gasteiger partial charge on any atom is -0.322 e. The SMILES string of the molecule is CCN(CC)C(CC)(CC)C(N)c1cc(F)ccc1C. The Labute approximate surface area is 123 Å². The van der Waals surface area contributed by atoms with Crippen molar-refractivity contribution in [3.63, 3.8) is 0 Å². The van der Waals surface area contributed by atoms with E-state index in [9.17, 15) is 4.39 Å². The summed E-state index contributed by atoms with van der Waals surface area (Å²) in [6.45, 7) is 12.6. The molecule has 1 rings (SSSR count). The van der Waals surface area contributed by atoms with Gasteiger partial charge in [0.15, 0.2) is 0 Å². The van der Waals surface area contributed by atoms with E-state index in [1.165, 1.54) is 6.07 Å². The third-order valence-corrected chi connectivity index (χ3v) is 4.77. The molecule has 0 radical (unpaired) electrons. The molecular formula is C17H29FN2. The molecule has 3 heteroatoms. The zero-order valence-corrected chi connectivity index (χ0v) is 13.5. The lowest BCUT2D eigenvalue weighted by atomic mass is 9.78. The smallest absolute Gasteiger partial charge is 0.123 e. The molecule has 0 aromatic heterocycles. The summed E-state index contributed by atoms with van der Waals surface area (Å²) in [5, 5.41) is 0. The average molecular weight is 280 g/mol. The summed E-state index contributed by atoms with van der Waals surface area (Å²) in [7, 11) is 0. The molecule has 0 spiro atoms. The van der Waals surface area contributed by atoms with Crippen LogP contribution < -0.4 is 5.73 Å². The van der Waals surface area contributed by atoms with Gasteiger partial charge in [0.2, 0.25) is 0 Å². The van der Waals surface area contributed by atoms with Crippen molar-refractivity contribution >= 4 is 0 Å². The quantitative estimate of drug-likeness (QED) is 0.817. The Morgan fingerprint density at radius 2 is 1.70 bits per heavy atom. The van der Waals surface area contributed by atoms with Crippen molar-refractivity contribution in [1.29, 1.82) is 0 Å². The minimum absolute atomic E-state index is 0.109. The second kappa shape index (κ2) is 7.19. The molecule has 0 bridgehead atoms. The fourth-order valence-electron chi connectivity index (χ4n) is 3.42. The van der Waals surface area contributed by atoms with Crippen LogP contribution in [0.3, 0.4) is 0 Å². The van der Waals surface area contributed by atoms with Crippen LogP contribution in [0.1, 0.15) is 57.7 Å². The Bertz CT molecular complexity index is 423. The largest absolute Gasteiger partial charge is 0.322 e. The van der Waals surface area contributed by atoms with Gasteiger partial charge in [-0.1, -0.05) is 33.8 Å². The fraction of sp³-hybridized carbons (Fsp3) is 0.647. The molecule has 1 unspecified atom stereocenters. The van der Waals surface area contributed by atoms with E-state index in [0.29, 0.717) is 0 Å². The van der Waals surface area contributed by atoms with Crippen molar-refractivity contribution in [2.45, 2.75) is 59.0 Å². The molecule has 114 valence electrons. The molecule has 0 saturated heterocycles. The molecular weight excluding hydrogens is 251 g/mol. The van der Waals surface area contributed by atoms with Gasteiger partial charge in [0.25, 0.3) is 0 Å². The number of benzene rings is 1. The lowest BCUT2D eigenvalue weighted by Crippen LogP contribution is -2.55. The Kier molecular flexibility index (Phi) is 6.15. The van der Waals surface area contributed by atoms with Gasteiger partial charge in [0.05, 0.1) is 0 Å². The predicted molar refractivity (Wildman–Crippen MR) is 84.3 cm³/mol. The van der Waals surface area contributed by atoms with Crippen molar-refractivity contribution in [2.75, 3.05) is 13.1 Å². The first-order valence-corrected chi connectivity index (χ1v) is 7.73. The van der Waals surface area contributed by atoms with Gasteiger partial charge in [0.1, 0.15) is 5.82 Å². The van der Waals surface area contributed by atoms with Gasteiger partial charge >= 0.3 is 0 Å². The molecule has 2 N–H and O–H groups in total. The molecule has 20 heavy (non-hydrogen) atoms. The summed E-state index contributed by atoms with van der Waals surface area (Å²) in [5.41, 5.74) is 8.50. The van der Waals surface area contributed by atoms with Gasteiger partial charge in [-0.2, -0.15) is 0 Å². The highest BCUT2D eigenvalue weighted by molar-refractivity contribution is 5.32. The number of rotatable bonds is 7. The van der Waals surface area contributed by atoms with Gasteiger partial charge in [-0.05, 0) is 56.1 Å². The van der Waals surface area contributed by atoms with Crippen LogP contribution in [-0.2, 0) is 0 Å². The molecule has 0 aliphatic carbocycles. The number of hydrogen-bond donors (Lipinski definition) is 1. The van der Waals surface area contributed by atoms with Gasteiger partial charge in [-0.3, -0.25) is 4.90 Å². The van der Waals surface area contributed by atoms with E-state index in [1.54, 1.807) is 6.07 Å². The average Bonchev–Trinajstić information content (AvgIpc) is 2.46. The first-order valence-electron chi connectivity index (χ1n) is 7.73. The molecule has 0 aliphatic rings. The highest BCUT2D eigenvalue weighted by Gasteiger charge is 2.39. The van der Waals surface area contributed by atoms with E-state index in [4.69, 9.17) is 5.73 Å². The van der Waals surface area contributed by atoms with Crippen LogP contribution >= 0.6 is 0 Å². The highest BCUT2D eigenvalue weighted by Crippen LogP contribution is 2.37. The minimum atomic E-state index is -0.207. The van der Waals surface area contributed by atoms with Crippen LogP contribution in [0, 0.1) is 12.7 Å². The van der Waals surface area contributed by atoms with Crippen molar-refractivity contribution in [3.05, 3.63) is 35.1 Å². The number of nitrogens with two attached hydrogens (primary N) is 1. The van der Waals surface area contributed by atoms with Crippen molar-refractivity contribution < 1.29 is 4.39 Å². The Morgan fingerprint density at radius 1 is 1.15 bits per heavy atom. The van der Waals surface area contributed by atoms with Gasteiger partial charge in [-0.25, -0.2) is 4.39 Å². The van der Waals surface area contributed by atoms with Crippen LogP contribution in [0.25, 0.3) is 0 Å². The molecule has 0 saturated carbocycles. The maximum absolute atomic E-state index is 13.6. The van der Waals surface area contributed by atoms with E-state index in [0.717, 1.165) is 37.1 Å². The topological polar surface area (TPSA) is 29.3 Å². The van der Waals surface area contributed by atoms with Crippen molar-refractivity contribution in [1.82, 2.24) is 4.90 Å². The van der Waals surface area contributed by atoms with Gasteiger partial charge in [-0.15, -0.1) is 0 Å². The molecule has 1 aromatic rings. The maximum Gasteiger partial charge on any atom is 0.123 e. The normalized spacial score (nSPS) is 13.8. The highest BCUT2D eigenvalue weighted by atomic mass is 19.1. The van der Waals surface area contributed by atoms with E-state index in [-0.39, 0.29) is 17.4 Å². The summed E-state index contributed by atoms with van der Waals surface area (Å²) in [4.78, 5) is 2.42. The lowest BCUT2D eigenvalue weighted by molar-refractivity contribution is 0.0622. The molecule has 0 fully saturated rings. The summed E-state index contributed by atoms with van der Waals surface area (Å²) in [5.74, 6) is -0.207. The van der Waals surface area contributed by atoms with Crippen LogP contribution in [0.5, 0.6) is 0 Å². The Hall–Kier alpha value is -0.930. The first kappa shape index (κ1) is 17.1. The molecule has 0 aliphatic heterocycles. The molecule has 1 aromatic carbocycles. The third-order valence-electron chi connectivity index (χ3n) is 4.77. The van der Waals surface area contributed by atoms with Crippen LogP contribution in [0.2, 0.25) is 0 Å². The number of likely N-dealkylation sites (N-methyl/N-ethyl adjacent to an activating group) is 1. The standard InChI is InChI=1S/C17H29FN2/c1-6-17(7-2,20(8-3)9-4)16(19)15-12-14(18)11-10-13(15)5/h10-12,16H,6-9,19H2,1-5H3. The van der Waals surface area contributed by atoms with E-state index in [1.807, 2.05) is 13.0 Å². The summed E-state index contributed by atoms with van der Waals surface area (Å²) >= 11 is 0. The summed E-state index contributed by atoms with van der Waals surface area (Å²) in [6.07, 6.45) is 1.92. The van der Waals surface area contributed by atoms with Crippen LogP contribution in [-0.4, -0.2) is 23.5 Å². The lowest BCUT2D eigenvalue weighted by Gasteiger charge is -2.47. The zero-order valence-electron chi connectivity index (χ0n) is 13.5. The van der Waals surface area contributed by atoms with Crippen molar-refractivity contribution in [2.24, 2.45) is 5.73 Å². The maximum atomic E-state index is 13.6. The Morgan fingerprint density at radius 3 is 2.15 bits per heavy atom. The molecule has 2 nitrogen and oxygen atoms in total. The van der Waals surface area contributed by atoms with E-state index in [2.05, 4.69) is 32.6 Å². The summed E-state index contributed by atoms with van der Waals surface area (Å²) < 4.78 is 13.6. The third kappa shape index (κ3) is 3.04. The number of aryl methyl sites for hydroxylation is 1. The van der Waals surface area contributed by atoms with Gasteiger partial charge < -0.3 is 5.73 Å². The van der Waals surface area contributed by atoms with Crippen LogP contribution in [0.15, 0.2) is 18.2 Å². The second-order valence-electron chi connectivity index (χ2n) is 5.46.